The normalized spacial score (nSPS) is 17.6. The van der Waals surface area contributed by atoms with Gasteiger partial charge in [-0.05, 0) is 43.6 Å². The van der Waals surface area contributed by atoms with Crippen LogP contribution in [0.1, 0.15) is 66.2 Å². The highest BCUT2D eigenvalue weighted by Crippen LogP contribution is 2.43. The number of hydrogen-bond donors (Lipinski definition) is 1. The summed E-state index contributed by atoms with van der Waals surface area (Å²) in [6.07, 6.45) is 6.25. The van der Waals surface area contributed by atoms with Gasteiger partial charge in [0.15, 0.2) is 0 Å². The lowest BCUT2D eigenvalue weighted by atomic mass is 9.66. The molecule has 0 saturated heterocycles. The Morgan fingerprint density at radius 1 is 1.26 bits per heavy atom. The predicted molar refractivity (Wildman–Crippen MR) is 80.9 cm³/mol. The van der Waals surface area contributed by atoms with Crippen LogP contribution < -0.4 is 5.73 Å². The molecular weight excluding hydrogens is 236 g/mol. The van der Waals surface area contributed by atoms with Gasteiger partial charge in [-0.3, -0.25) is 4.79 Å². The molecule has 3 heteroatoms. The number of amides is 1. The first kappa shape index (κ1) is 16.5. The Morgan fingerprint density at radius 3 is 2.16 bits per heavy atom. The van der Waals surface area contributed by atoms with Crippen molar-refractivity contribution in [1.29, 1.82) is 0 Å². The summed E-state index contributed by atoms with van der Waals surface area (Å²) in [6.45, 7) is 10.3. The third kappa shape index (κ3) is 4.20. The Hall–Kier alpha value is -0.570. The Morgan fingerprint density at radius 2 is 1.84 bits per heavy atom. The first-order valence-electron chi connectivity index (χ1n) is 7.97. The first-order chi connectivity index (χ1) is 8.98. The van der Waals surface area contributed by atoms with Gasteiger partial charge >= 0.3 is 0 Å². The quantitative estimate of drug-likeness (QED) is 0.735. The summed E-state index contributed by atoms with van der Waals surface area (Å²) in [6, 6.07) is 0.393. The number of nitrogens with zero attached hydrogens (tertiary/aromatic N) is 1. The molecule has 0 radical (unpaired) electrons. The molecule has 2 N–H and O–H groups in total. The van der Waals surface area contributed by atoms with E-state index in [1.54, 1.807) is 0 Å². The van der Waals surface area contributed by atoms with E-state index >= 15 is 0 Å². The highest BCUT2D eigenvalue weighted by atomic mass is 16.2. The monoisotopic (exact) mass is 268 g/mol. The highest BCUT2D eigenvalue weighted by molar-refractivity contribution is 5.77. The number of nitrogens with two attached hydrogens (primary N) is 1. The molecule has 1 rings (SSSR count). The summed E-state index contributed by atoms with van der Waals surface area (Å²) in [7, 11) is 0. The van der Waals surface area contributed by atoms with E-state index in [0.717, 1.165) is 32.2 Å². The van der Waals surface area contributed by atoms with Gasteiger partial charge in [0.05, 0.1) is 0 Å². The minimum Gasteiger partial charge on any atom is -0.339 e. The van der Waals surface area contributed by atoms with Gasteiger partial charge in [-0.25, -0.2) is 0 Å². The van der Waals surface area contributed by atoms with Gasteiger partial charge in [-0.15, -0.1) is 0 Å². The largest absolute Gasteiger partial charge is 0.339 e. The second-order valence-electron chi connectivity index (χ2n) is 6.64. The number of hydrogen-bond acceptors (Lipinski definition) is 2. The van der Waals surface area contributed by atoms with Crippen molar-refractivity contribution < 1.29 is 4.79 Å². The molecule has 0 aromatic rings. The topological polar surface area (TPSA) is 46.3 Å². The zero-order chi connectivity index (χ0) is 14.5. The fraction of sp³-hybridized carbons (Fsp3) is 0.938. The van der Waals surface area contributed by atoms with Crippen LogP contribution in [0.2, 0.25) is 0 Å². The fourth-order valence-electron chi connectivity index (χ4n) is 3.13. The van der Waals surface area contributed by atoms with Gasteiger partial charge in [0.2, 0.25) is 5.91 Å². The lowest BCUT2D eigenvalue weighted by Crippen LogP contribution is -2.47. The molecular formula is C16H32N2O. The summed E-state index contributed by atoms with van der Waals surface area (Å²) in [5.41, 5.74) is 6.01. The molecule has 0 aromatic heterocycles. The molecule has 1 aliphatic carbocycles. The lowest BCUT2D eigenvalue weighted by molar-refractivity contribution is -0.138. The third-order valence-electron chi connectivity index (χ3n) is 4.64. The van der Waals surface area contributed by atoms with Gasteiger partial charge in [0.1, 0.15) is 0 Å². The summed E-state index contributed by atoms with van der Waals surface area (Å²) in [4.78, 5) is 14.8. The van der Waals surface area contributed by atoms with E-state index in [-0.39, 0.29) is 5.41 Å². The average Bonchev–Trinajstić information content (AvgIpc) is 2.33. The molecule has 112 valence electrons. The van der Waals surface area contributed by atoms with Crippen molar-refractivity contribution in [2.45, 2.75) is 72.3 Å². The molecule has 1 aliphatic rings. The Kier molecular flexibility index (Phi) is 6.31. The summed E-state index contributed by atoms with van der Waals surface area (Å²) >= 11 is 0. The van der Waals surface area contributed by atoms with Crippen LogP contribution in [0, 0.1) is 11.3 Å². The van der Waals surface area contributed by atoms with Gasteiger partial charge in [-0.1, -0.05) is 34.1 Å². The van der Waals surface area contributed by atoms with E-state index in [2.05, 4.69) is 32.6 Å². The van der Waals surface area contributed by atoms with Gasteiger partial charge < -0.3 is 10.6 Å². The van der Waals surface area contributed by atoms with E-state index in [1.165, 1.54) is 6.42 Å². The molecule has 0 heterocycles. The molecule has 0 unspecified atom stereocenters. The van der Waals surface area contributed by atoms with Crippen LogP contribution in [0.3, 0.4) is 0 Å². The van der Waals surface area contributed by atoms with Crippen LogP contribution >= 0.6 is 0 Å². The van der Waals surface area contributed by atoms with Crippen molar-refractivity contribution in [3.8, 4) is 0 Å². The number of carbonyl (C=O) groups is 1. The van der Waals surface area contributed by atoms with E-state index in [1.807, 2.05) is 0 Å². The van der Waals surface area contributed by atoms with Crippen LogP contribution in [0.25, 0.3) is 0 Å². The molecule has 3 nitrogen and oxygen atoms in total. The molecule has 0 aliphatic heterocycles. The van der Waals surface area contributed by atoms with Crippen LogP contribution in [0.5, 0.6) is 0 Å². The van der Waals surface area contributed by atoms with Crippen molar-refractivity contribution in [2.24, 2.45) is 17.1 Å². The van der Waals surface area contributed by atoms with E-state index < -0.39 is 0 Å². The molecule has 0 atom stereocenters. The molecule has 1 saturated carbocycles. The van der Waals surface area contributed by atoms with Crippen molar-refractivity contribution in [3.63, 3.8) is 0 Å². The Bertz CT molecular complexity index is 275. The van der Waals surface area contributed by atoms with Crippen molar-refractivity contribution in [2.75, 3.05) is 13.1 Å². The van der Waals surface area contributed by atoms with Gasteiger partial charge in [0.25, 0.3) is 0 Å². The minimum absolute atomic E-state index is 0.123. The van der Waals surface area contributed by atoms with E-state index in [0.29, 0.717) is 30.8 Å². The Labute approximate surface area is 118 Å². The third-order valence-corrected chi connectivity index (χ3v) is 4.64. The number of rotatable bonds is 8. The molecule has 1 amide bonds. The van der Waals surface area contributed by atoms with Crippen molar-refractivity contribution >= 4 is 5.91 Å². The fourth-order valence-corrected chi connectivity index (χ4v) is 3.13. The highest BCUT2D eigenvalue weighted by Gasteiger charge is 2.39. The van der Waals surface area contributed by atoms with Crippen LogP contribution in [-0.2, 0) is 4.79 Å². The molecule has 19 heavy (non-hydrogen) atoms. The Balaban J connectivity index is 2.70. The minimum atomic E-state index is 0.123. The summed E-state index contributed by atoms with van der Waals surface area (Å²) < 4.78 is 0. The SMILES string of the molecule is CCC(CC)N(CC(C)C)C(=O)CC1(CN)CCC1. The van der Waals surface area contributed by atoms with E-state index in [4.69, 9.17) is 5.73 Å². The smallest absolute Gasteiger partial charge is 0.223 e. The maximum Gasteiger partial charge on any atom is 0.223 e. The van der Waals surface area contributed by atoms with Crippen molar-refractivity contribution in [3.05, 3.63) is 0 Å². The second kappa shape index (κ2) is 7.28. The summed E-state index contributed by atoms with van der Waals surface area (Å²) in [5.74, 6) is 0.854. The zero-order valence-corrected chi connectivity index (χ0v) is 13.2. The molecule has 0 spiro atoms. The molecule has 0 aromatic carbocycles. The average molecular weight is 268 g/mol. The standard InChI is InChI=1S/C16H32N2O/c1-5-14(6-2)18(11-13(3)4)15(19)10-16(12-17)8-7-9-16/h13-14H,5-12,17H2,1-4H3. The first-order valence-corrected chi connectivity index (χ1v) is 7.97. The van der Waals surface area contributed by atoms with Crippen LogP contribution in [-0.4, -0.2) is 29.9 Å². The van der Waals surface area contributed by atoms with E-state index in [9.17, 15) is 4.79 Å². The van der Waals surface area contributed by atoms with Gasteiger partial charge in [0, 0.05) is 19.0 Å². The maximum atomic E-state index is 12.7. The molecule has 0 bridgehead atoms. The zero-order valence-electron chi connectivity index (χ0n) is 13.2. The summed E-state index contributed by atoms with van der Waals surface area (Å²) in [5, 5.41) is 0. The van der Waals surface area contributed by atoms with Crippen LogP contribution in [0.15, 0.2) is 0 Å². The maximum absolute atomic E-state index is 12.7. The lowest BCUT2D eigenvalue weighted by Gasteiger charge is -2.43. The van der Waals surface area contributed by atoms with Gasteiger partial charge in [-0.2, -0.15) is 0 Å². The van der Waals surface area contributed by atoms with Crippen molar-refractivity contribution in [1.82, 2.24) is 4.90 Å². The van der Waals surface area contributed by atoms with Crippen LogP contribution in [0.4, 0.5) is 0 Å². The molecule has 1 fully saturated rings. The predicted octanol–water partition coefficient (Wildman–Crippen LogP) is 3.18. The second-order valence-corrected chi connectivity index (χ2v) is 6.64. The number of carbonyl (C=O) groups excluding carboxylic acids is 1.